The van der Waals surface area contributed by atoms with Gasteiger partial charge in [0.05, 0.1) is 12.7 Å². The maximum absolute atomic E-state index is 10.5. The van der Waals surface area contributed by atoms with E-state index in [1.165, 1.54) is 56.9 Å². The number of hydrogen-bond donors (Lipinski definition) is 4. The smallest absolute Gasteiger partial charge is 0.186 e. The zero-order chi connectivity index (χ0) is 29.7. The first-order valence-electron chi connectivity index (χ1n) is 17.1. The molecular formula is C35H60O6. The van der Waals surface area contributed by atoms with Crippen molar-refractivity contribution in [1.82, 2.24) is 0 Å². The summed E-state index contributed by atoms with van der Waals surface area (Å²) >= 11 is 0. The Hall–Kier alpha value is -0.500. The number of fused-ring (bicyclic) bond motifs is 5. The monoisotopic (exact) mass is 576 g/mol. The van der Waals surface area contributed by atoms with Gasteiger partial charge < -0.3 is 29.9 Å². The number of aliphatic hydroxyl groups excluding tert-OH is 4. The molecule has 1 heterocycles. The highest BCUT2D eigenvalue weighted by molar-refractivity contribution is 5.25. The van der Waals surface area contributed by atoms with E-state index < -0.39 is 37.3 Å². The van der Waals surface area contributed by atoms with Crippen molar-refractivity contribution in [3.8, 4) is 0 Å². The van der Waals surface area contributed by atoms with Gasteiger partial charge in [0, 0.05) is 0 Å². The summed E-state index contributed by atoms with van der Waals surface area (Å²) in [5, 5.41) is 40.4. The van der Waals surface area contributed by atoms with E-state index in [0.717, 1.165) is 60.7 Å². The molecule has 0 unspecified atom stereocenters. The van der Waals surface area contributed by atoms with Crippen LogP contribution in [0.5, 0.6) is 0 Å². The topological polar surface area (TPSA) is 99.4 Å². The molecule has 236 valence electrons. The van der Waals surface area contributed by atoms with Crippen molar-refractivity contribution in [1.29, 1.82) is 0 Å². The summed E-state index contributed by atoms with van der Waals surface area (Å²) in [5.41, 5.74) is 2.19. The van der Waals surface area contributed by atoms with Gasteiger partial charge in [0.25, 0.3) is 0 Å². The van der Waals surface area contributed by atoms with Crippen LogP contribution < -0.4 is 0 Å². The summed E-state index contributed by atoms with van der Waals surface area (Å²) < 4.78 is 11.9. The van der Waals surface area contributed by atoms with Crippen LogP contribution in [0.2, 0.25) is 0 Å². The van der Waals surface area contributed by atoms with Gasteiger partial charge in [-0.05, 0) is 110 Å². The van der Waals surface area contributed by atoms with E-state index in [-0.39, 0.29) is 11.5 Å². The third kappa shape index (κ3) is 5.73. The van der Waals surface area contributed by atoms with Gasteiger partial charge in [-0.3, -0.25) is 0 Å². The average molecular weight is 577 g/mol. The largest absolute Gasteiger partial charge is 0.394 e. The second kappa shape index (κ2) is 12.5. The highest BCUT2D eigenvalue weighted by Crippen LogP contribution is 2.67. The van der Waals surface area contributed by atoms with E-state index in [9.17, 15) is 20.4 Å². The number of ether oxygens (including phenoxy) is 2. The fraction of sp³-hybridized carbons (Fsp3) is 0.943. The van der Waals surface area contributed by atoms with E-state index in [4.69, 9.17) is 9.47 Å². The lowest BCUT2D eigenvalue weighted by atomic mass is 9.47. The molecule has 0 aromatic carbocycles. The molecule has 6 nitrogen and oxygen atoms in total. The Morgan fingerprint density at radius 3 is 2.39 bits per heavy atom. The Labute approximate surface area is 249 Å². The molecular weight excluding hydrogens is 516 g/mol. The molecule has 4 N–H and O–H groups in total. The second-order valence-corrected chi connectivity index (χ2v) is 15.7. The van der Waals surface area contributed by atoms with Crippen LogP contribution in [-0.2, 0) is 9.47 Å². The summed E-state index contributed by atoms with van der Waals surface area (Å²) in [5.74, 6) is 5.66. The fourth-order valence-electron chi connectivity index (χ4n) is 10.8. The molecule has 4 fully saturated rings. The molecule has 1 saturated heterocycles. The normalized spacial score (nSPS) is 47.7. The van der Waals surface area contributed by atoms with Crippen LogP contribution in [0.25, 0.3) is 0 Å². The highest BCUT2D eigenvalue weighted by Gasteiger charge is 2.59. The van der Waals surface area contributed by atoms with Crippen LogP contribution in [0.3, 0.4) is 0 Å². The second-order valence-electron chi connectivity index (χ2n) is 15.7. The Kier molecular flexibility index (Phi) is 9.71. The van der Waals surface area contributed by atoms with E-state index in [0.29, 0.717) is 5.41 Å². The predicted molar refractivity (Wildman–Crippen MR) is 161 cm³/mol. The minimum absolute atomic E-state index is 0.101. The maximum Gasteiger partial charge on any atom is 0.186 e. The van der Waals surface area contributed by atoms with Crippen LogP contribution >= 0.6 is 0 Å². The third-order valence-corrected chi connectivity index (χ3v) is 13.5. The molecule has 4 aliphatic carbocycles. The van der Waals surface area contributed by atoms with Crippen molar-refractivity contribution in [2.75, 3.05) is 6.61 Å². The molecule has 5 aliphatic rings. The Bertz CT molecular complexity index is 918. The van der Waals surface area contributed by atoms with Crippen LogP contribution in [0.4, 0.5) is 0 Å². The van der Waals surface area contributed by atoms with Crippen molar-refractivity contribution in [2.24, 2.45) is 52.3 Å². The molecule has 41 heavy (non-hydrogen) atoms. The van der Waals surface area contributed by atoms with Crippen LogP contribution in [0, 0.1) is 52.3 Å². The van der Waals surface area contributed by atoms with Gasteiger partial charge in [-0.25, -0.2) is 0 Å². The van der Waals surface area contributed by atoms with E-state index in [1.54, 1.807) is 0 Å². The number of rotatable bonds is 9. The van der Waals surface area contributed by atoms with E-state index >= 15 is 0 Å². The van der Waals surface area contributed by atoms with Gasteiger partial charge >= 0.3 is 0 Å². The quantitative estimate of drug-likeness (QED) is 0.257. The molecule has 0 radical (unpaired) electrons. The van der Waals surface area contributed by atoms with Crippen LogP contribution in [0.15, 0.2) is 11.6 Å². The standard InChI is InChI=1S/C35H60O6/c1-7-22(20(2)3)9-8-21(4)26-12-13-27-25-11-10-23-18-24(14-16-34(23,5)28(25)15-17-35(26,27)6)40-33-32(39)31(38)30(37)29(19-36)41-33/h10,20-22,24-33,36-39H,7-9,11-19H2,1-6H3/t21-,22-,24+,25-,26-,27-,28-,29-,30+,31-,32+,33+,34+,35-/m1/s1. The van der Waals surface area contributed by atoms with Crippen molar-refractivity contribution >= 4 is 0 Å². The van der Waals surface area contributed by atoms with Gasteiger partial charge in [-0.1, -0.05) is 66.0 Å². The van der Waals surface area contributed by atoms with Gasteiger partial charge in [0.2, 0.25) is 0 Å². The Balaban J connectivity index is 1.24. The van der Waals surface area contributed by atoms with Crippen molar-refractivity contribution in [3.63, 3.8) is 0 Å². The van der Waals surface area contributed by atoms with Gasteiger partial charge in [-0.15, -0.1) is 0 Å². The zero-order valence-electron chi connectivity index (χ0n) is 26.7. The summed E-state index contributed by atoms with van der Waals surface area (Å²) in [6.45, 7) is 14.5. The molecule has 0 spiro atoms. The first-order valence-corrected chi connectivity index (χ1v) is 17.1. The molecule has 5 rings (SSSR count). The summed E-state index contributed by atoms with van der Waals surface area (Å²) in [4.78, 5) is 0. The Morgan fingerprint density at radius 1 is 0.951 bits per heavy atom. The summed E-state index contributed by atoms with van der Waals surface area (Å²) in [6.07, 6.45) is 9.92. The molecule has 0 bridgehead atoms. The average Bonchev–Trinajstić information content (AvgIpc) is 3.30. The lowest BCUT2D eigenvalue weighted by Gasteiger charge is -2.58. The van der Waals surface area contributed by atoms with Gasteiger partial charge in [0.1, 0.15) is 24.4 Å². The molecule has 0 amide bonds. The summed E-state index contributed by atoms with van der Waals surface area (Å²) in [6, 6.07) is 0. The minimum Gasteiger partial charge on any atom is -0.394 e. The number of aliphatic hydroxyl groups is 4. The van der Waals surface area contributed by atoms with E-state index in [1.807, 2.05) is 0 Å². The summed E-state index contributed by atoms with van der Waals surface area (Å²) in [7, 11) is 0. The van der Waals surface area contributed by atoms with Crippen molar-refractivity contribution < 1.29 is 29.9 Å². The molecule has 0 aromatic heterocycles. The zero-order valence-corrected chi connectivity index (χ0v) is 26.7. The van der Waals surface area contributed by atoms with Crippen molar-refractivity contribution in [2.45, 2.75) is 149 Å². The van der Waals surface area contributed by atoms with Crippen molar-refractivity contribution in [3.05, 3.63) is 11.6 Å². The Morgan fingerprint density at radius 2 is 1.71 bits per heavy atom. The molecule has 6 heteroatoms. The third-order valence-electron chi connectivity index (χ3n) is 13.5. The molecule has 14 atom stereocenters. The molecule has 3 saturated carbocycles. The number of allylic oxidation sites excluding steroid dienone is 1. The molecule has 0 aromatic rings. The molecule has 1 aliphatic heterocycles. The first kappa shape index (κ1) is 31.9. The number of hydrogen-bond acceptors (Lipinski definition) is 6. The fourth-order valence-corrected chi connectivity index (χ4v) is 10.8. The SMILES string of the molecule is CC[C@H](CC[C@@H](C)[C@H]1CC[C@@H]2[C@H]3CC=C4C[C@@H](O[C@H]5O[C@H](CO)[C@H](O)[C@@H](O)[C@@H]5O)CC[C@]4(C)[C@@H]3CC[C@@]21C)C(C)C. The lowest BCUT2D eigenvalue weighted by molar-refractivity contribution is -0.313. The van der Waals surface area contributed by atoms with Crippen LogP contribution in [0.1, 0.15) is 112 Å². The highest BCUT2D eigenvalue weighted by atomic mass is 16.7. The lowest BCUT2D eigenvalue weighted by Crippen LogP contribution is -2.60. The maximum atomic E-state index is 10.5. The van der Waals surface area contributed by atoms with Gasteiger partial charge in [0.15, 0.2) is 6.29 Å². The van der Waals surface area contributed by atoms with E-state index in [2.05, 4.69) is 47.6 Å². The first-order chi connectivity index (χ1) is 19.4. The van der Waals surface area contributed by atoms with Gasteiger partial charge in [-0.2, -0.15) is 0 Å². The van der Waals surface area contributed by atoms with Crippen LogP contribution in [-0.4, -0.2) is 63.8 Å². The predicted octanol–water partition coefficient (Wildman–Crippen LogP) is 5.85. The minimum atomic E-state index is -1.40.